The number of rotatable bonds is 7. The highest BCUT2D eigenvalue weighted by Crippen LogP contribution is 2.37. The van der Waals surface area contributed by atoms with Crippen LogP contribution in [0.15, 0.2) is 34.8 Å². The van der Waals surface area contributed by atoms with E-state index in [4.69, 9.17) is 4.74 Å². The van der Waals surface area contributed by atoms with Crippen molar-refractivity contribution < 1.29 is 27.0 Å². The van der Waals surface area contributed by atoms with Gasteiger partial charge >= 0.3 is 6.61 Å². The van der Waals surface area contributed by atoms with Gasteiger partial charge in [0.2, 0.25) is 0 Å². The molecule has 2 aromatic carbocycles. The van der Waals surface area contributed by atoms with Crippen LogP contribution in [-0.4, -0.2) is 13.7 Å². The molecule has 3 nitrogen and oxygen atoms in total. The summed E-state index contributed by atoms with van der Waals surface area (Å²) < 4.78 is 61.0. The molecular formula is C17H16BrF4NO2. The number of hydrogen-bond donors (Lipinski definition) is 1. The van der Waals surface area contributed by atoms with Crippen LogP contribution in [0.5, 0.6) is 11.5 Å². The Labute approximate surface area is 151 Å². The van der Waals surface area contributed by atoms with Crippen molar-refractivity contribution in [3.05, 3.63) is 57.6 Å². The number of alkyl halides is 2. The Morgan fingerprint density at radius 2 is 1.84 bits per heavy atom. The lowest BCUT2D eigenvalue weighted by Crippen LogP contribution is -2.18. The van der Waals surface area contributed by atoms with Crippen LogP contribution < -0.4 is 14.8 Å². The van der Waals surface area contributed by atoms with Crippen molar-refractivity contribution in [2.45, 2.75) is 26.1 Å². The fourth-order valence-electron chi connectivity index (χ4n) is 2.25. The van der Waals surface area contributed by atoms with E-state index in [0.717, 1.165) is 17.7 Å². The number of nitrogens with one attached hydrogen (secondary N) is 1. The average molecular weight is 422 g/mol. The molecule has 0 aliphatic rings. The Morgan fingerprint density at radius 1 is 1.12 bits per heavy atom. The SMILES string of the molecule is COc1cc(CNC(C)c2ccc(F)c(F)c2)cc(Br)c1OC(F)F. The van der Waals surface area contributed by atoms with Crippen molar-refractivity contribution in [3.8, 4) is 11.5 Å². The first-order valence-electron chi connectivity index (χ1n) is 7.31. The summed E-state index contributed by atoms with van der Waals surface area (Å²) in [6.45, 7) is -0.820. The van der Waals surface area contributed by atoms with E-state index < -0.39 is 18.2 Å². The topological polar surface area (TPSA) is 30.5 Å². The maximum atomic E-state index is 13.3. The molecule has 0 heterocycles. The van der Waals surface area contributed by atoms with Crippen LogP contribution in [0, 0.1) is 11.6 Å². The molecule has 2 rings (SSSR count). The zero-order valence-electron chi connectivity index (χ0n) is 13.5. The Bertz CT molecular complexity index is 743. The molecule has 0 fully saturated rings. The predicted octanol–water partition coefficient (Wildman–Crippen LogP) is 5.19. The molecule has 0 aliphatic heterocycles. The van der Waals surface area contributed by atoms with Gasteiger partial charge in [-0.2, -0.15) is 8.78 Å². The Hall–Kier alpha value is -1.80. The van der Waals surface area contributed by atoms with Crippen LogP contribution in [0.25, 0.3) is 0 Å². The van der Waals surface area contributed by atoms with Crippen molar-refractivity contribution in [3.63, 3.8) is 0 Å². The highest BCUT2D eigenvalue weighted by Gasteiger charge is 2.16. The summed E-state index contributed by atoms with van der Waals surface area (Å²) in [5, 5.41) is 3.15. The third-order valence-corrected chi connectivity index (χ3v) is 4.14. The zero-order valence-corrected chi connectivity index (χ0v) is 15.0. The highest BCUT2D eigenvalue weighted by atomic mass is 79.9. The molecule has 1 unspecified atom stereocenters. The maximum absolute atomic E-state index is 13.3. The van der Waals surface area contributed by atoms with Gasteiger partial charge in [-0.3, -0.25) is 0 Å². The van der Waals surface area contributed by atoms with Gasteiger partial charge in [-0.1, -0.05) is 6.07 Å². The number of benzene rings is 2. The van der Waals surface area contributed by atoms with Gasteiger partial charge < -0.3 is 14.8 Å². The second-order valence-electron chi connectivity index (χ2n) is 5.26. The van der Waals surface area contributed by atoms with Gasteiger partial charge in [0.25, 0.3) is 0 Å². The van der Waals surface area contributed by atoms with E-state index in [-0.39, 0.29) is 17.5 Å². The van der Waals surface area contributed by atoms with E-state index in [2.05, 4.69) is 26.0 Å². The second kappa shape index (κ2) is 8.53. The molecule has 0 amide bonds. The normalized spacial score (nSPS) is 12.3. The summed E-state index contributed by atoms with van der Waals surface area (Å²) in [7, 11) is 1.35. The third-order valence-electron chi connectivity index (χ3n) is 3.55. The van der Waals surface area contributed by atoms with Crippen LogP contribution in [-0.2, 0) is 6.54 Å². The molecule has 2 aromatic rings. The molecule has 0 radical (unpaired) electrons. The summed E-state index contributed by atoms with van der Waals surface area (Å²) in [6.07, 6.45) is 0. The highest BCUT2D eigenvalue weighted by molar-refractivity contribution is 9.10. The van der Waals surface area contributed by atoms with E-state index in [1.54, 1.807) is 19.1 Å². The molecule has 136 valence electrons. The number of methoxy groups -OCH3 is 1. The minimum atomic E-state index is -2.97. The van der Waals surface area contributed by atoms with Crippen LogP contribution >= 0.6 is 15.9 Å². The average Bonchev–Trinajstić information content (AvgIpc) is 2.56. The van der Waals surface area contributed by atoms with E-state index >= 15 is 0 Å². The van der Waals surface area contributed by atoms with E-state index in [9.17, 15) is 17.6 Å². The number of hydrogen-bond acceptors (Lipinski definition) is 3. The standard InChI is InChI=1S/C17H16BrF4NO2/c1-9(11-3-4-13(19)14(20)7-11)23-8-10-5-12(18)16(25-17(21)22)15(6-10)24-2/h3-7,9,17,23H,8H2,1-2H3. The van der Waals surface area contributed by atoms with Gasteiger partial charge in [-0.15, -0.1) is 0 Å². The first kappa shape index (κ1) is 19.5. The van der Waals surface area contributed by atoms with Crippen molar-refractivity contribution in [2.75, 3.05) is 7.11 Å². The predicted molar refractivity (Wildman–Crippen MR) is 88.9 cm³/mol. The van der Waals surface area contributed by atoms with Gasteiger partial charge in [0, 0.05) is 12.6 Å². The van der Waals surface area contributed by atoms with E-state index in [0.29, 0.717) is 16.6 Å². The smallest absolute Gasteiger partial charge is 0.387 e. The summed E-state index contributed by atoms with van der Waals surface area (Å²) >= 11 is 3.18. The monoisotopic (exact) mass is 421 g/mol. The molecule has 0 aliphatic carbocycles. The molecule has 1 atom stereocenters. The Kier molecular flexibility index (Phi) is 6.66. The maximum Gasteiger partial charge on any atom is 0.387 e. The fourth-order valence-corrected chi connectivity index (χ4v) is 2.83. The molecule has 0 bridgehead atoms. The van der Waals surface area contributed by atoms with Crippen LogP contribution in [0.1, 0.15) is 24.1 Å². The number of halogens is 5. The van der Waals surface area contributed by atoms with Gasteiger partial charge in [0.15, 0.2) is 23.1 Å². The molecule has 25 heavy (non-hydrogen) atoms. The second-order valence-corrected chi connectivity index (χ2v) is 6.12. The van der Waals surface area contributed by atoms with Crippen molar-refractivity contribution in [1.82, 2.24) is 5.32 Å². The number of ether oxygens (including phenoxy) is 2. The molecule has 1 N–H and O–H groups in total. The Balaban J connectivity index is 2.12. The quantitative estimate of drug-likeness (QED) is 0.624. The molecule has 8 heteroatoms. The van der Waals surface area contributed by atoms with Crippen molar-refractivity contribution >= 4 is 15.9 Å². The largest absolute Gasteiger partial charge is 0.493 e. The van der Waals surface area contributed by atoms with Crippen LogP contribution in [0.4, 0.5) is 17.6 Å². The Morgan fingerprint density at radius 3 is 2.44 bits per heavy atom. The summed E-state index contributed by atoms with van der Waals surface area (Å²) in [5.74, 6) is -1.75. The van der Waals surface area contributed by atoms with Gasteiger partial charge in [0.05, 0.1) is 11.6 Å². The lowest BCUT2D eigenvalue weighted by Gasteiger charge is -2.17. The molecule has 0 saturated carbocycles. The fraction of sp³-hybridized carbons (Fsp3) is 0.294. The van der Waals surface area contributed by atoms with Crippen LogP contribution in [0.2, 0.25) is 0 Å². The third kappa shape index (κ3) is 5.09. The zero-order chi connectivity index (χ0) is 18.6. The van der Waals surface area contributed by atoms with Gasteiger partial charge in [-0.25, -0.2) is 8.78 Å². The molecule has 0 saturated heterocycles. The van der Waals surface area contributed by atoms with Gasteiger partial charge in [0.1, 0.15) is 0 Å². The van der Waals surface area contributed by atoms with Crippen LogP contribution in [0.3, 0.4) is 0 Å². The lowest BCUT2D eigenvalue weighted by atomic mass is 10.1. The lowest BCUT2D eigenvalue weighted by molar-refractivity contribution is -0.0517. The molecule has 0 spiro atoms. The summed E-state index contributed by atoms with van der Waals surface area (Å²) in [4.78, 5) is 0. The van der Waals surface area contributed by atoms with Crippen molar-refractivity contribution in [1.29, 1.82) is 0 Å². The first-order valence-corrected chi connectivity index (χ1v) is 8.10. The molecule has 0 aromatic heterocycles. The summed E-state index contributed by atoms with van der Waals surface area (Å²) in [5.41, 5.74) is 1.32. The minimum absolute atomic E-state index is 0.0881. The van der Waals surface area contributed by atoms with E-state index in [1.807, 2.05) is 0 Å². The van der Waals surface area contributed by atoms with Gasteiger partial charge in [-0.05, 0) is 58.2 Å². The van der Waals surface area contributed by atoms with E-state index in [1.165, 1.54) is 13.2 Å². The minimum Gasteiger partial charge on any atom is -0.493 e. The first-order chi connectivity index (χ1) is 11.8. The van der Waals surface area contributed by atoms with Crippen molar-refractivity contribution in [2.24, 2.45) is 0 Å². The molecular weight excluding hydrogens is 406 g/mol. The summed E-state index contributed by atoms with van der Waals surface area (Å²) in [6, 6.07) is 6.61.